The normalized spacial score (nSPS) is 10.8. The quantitative estimate of drug-likeness (QED) is 0.826. The van der Waals surface area contributed by atoms with Crippen LogP contribution in [0.15, 0.2) is 30.5 Å². The van der Waals surface area contributed by atoms with Gasteiger partial charge in [-0.2, -0.15) is 5.10 Å². The number of rotatable bonds is 3. The minimum atomic E-state index is 0.104. The van der Waals surface area contributed by atoms with Gasteiger partial charge in [0.1, 0.15) is 5.75 Å². The predicted molar refractivity (Wildman–Crippen MR) is 68.5 cm³/mol. The van der Waals surface area contributed by atoms with Crippen LogP contribution in [0.1, 0.15) is 19.5 Å². The Balaban J connectivity index is 2.36. The Labute approximate surface area is 101 Å². The summed E-state index contributed by atoms with van der Waals surface area (Å²) < 4.78 is 7.46. The van der Waals surface area contributed by atoms with Gasteiger partial charge in [0.15, 0.2) is 0 Å². The van der Waals surface area contributed by atoms with E-state index in [1.54, 1.807) is 0 Å². The van der Waals surface area contributed by atoms with Gasteiger partial charge in [-0.3, -0.25) is 0 Å². The fourth-order valence-electron chi connectivity index (χ4n) is 1.58. The molecule has 0 amide bonds. The van der Waals surface area contributed by atoms with E-state index in [0.29, 0.717) is 11.4 Å². The van der Waals surface area contributed by atoms with Gasteiger partial charge in [0.05, 0.1) is 23.2 Å². The summed E-state index contributed by atoms with van der Waals surface area (Å²) in [5.41, 5.74) is 8.44. The molecule has 17 heavy (non-hydrogen) atoms. The fourth-order valence-corrected chi connectivity index (χ4v) is 1.58. The maximum Gasteiger partial charge on any atom is 0.144 e. The van der Waals surface area contributed by atoms with Crippen molar-refractivity contribution in [1.82, 2.24) is 9.78 Å². The Hall–Kier alpha value is -1.97. The van der Waals surface area contributed by atoms with E-state index in [1.165, 1.54) is 0 Å². The molecule has 4 heteroatoms. The van der Waals surface area contributed by atoms with Crippen LogP contribution in [0.5, 0.6) is 5.75 Å². The van der Waals surface area contributed by atoms with Crippen LogP contribution in [0.3, 0.4) is 0 Å². The smallest absolute Gasteiger partial charge is 0.144 e. The summed E-state index contributed by atoms with van der Waals surface area (Å²) in [7, 11) is 0. The standard InChI is InChI=1S/C13H17N3O/c1-9(2)17-13-8-11(4-5-12(13)14)16-7-6-10(3)15-16/h4-9H,14H2,1-3H3. The highest BCUT2D eigenvalue weighted by molar-refractivity contribution is 5.57. The van der Waals surface area contributed by atoms with Crippen molar-refractivity contribution in [1.29, 1.82) is 0 Å². The molecule has 1 heterocycles. The molecule has 2 aromatic rings. The lowest BCUT2D eigenvalue weighted by Gasteiger charge is -2.13. The Morgan fingerprint density at radius 1 is 1.29 bits per heavy atom. The number of ether oxygens (including phenoxy) is 1. The zero-order valence-electron chi connectivity index (χ0n) is 10.3. The minimum absolute atomic E-state index is 0.104. The van der Waals surface area contributed by atoms with Crippen LogP contribution in [-0.4, -0.2) is 15.9 Å². The molecule has 0 aliphatic rings. The van der Waals surface area contributed by atoms with Crippen molar-refractivity contribution < 1.29 is 4.74 Å². The van der Waals surface area contributed by atoms with Crippen LogP contribution < -0.4 is 10.5 Å². The van der Waals surface area contributed by atoms with Crippen molar-refractivity contribution in [3.8, 4) is 11.4 Å². The average Bonchev–Trinajstić information content (AvgIpc) is 2.67. The highest BCUT2D eigenvalue weighted by Gasteiger charge is 2.06. The van der Waals surface area contributed by atoms with Gasteiger partial charge < -0.3 is 10.5 Å². The van der Waals surface area contributed by atoms with Gasteiger partial charge in [-0.15, -0.1) is 0 Å². The van der Waals surface area contributed by atoms with Gasteiger partial charge in [0.25, 0.3) is 0 Å². The maximum absolute atomic E-state index is 5.87. The Bertz CT molecular complexity index is 517. The van der Waals surface area contributed by atoms with Gasteiger partial charge in [-0.25, -0.2) is 4.68 Å². The van der Waals surface area contributed by atoms with Gasteiger partial charge in [0.2, 0.25) is 0 Å². The summed E-state index contributed by atoms with van der Waals surface area (Å²) in [6.07, 6.45) is 2.02. The molecule has 1 aromatic carbocycles. The van der Waals surface area contributed by atoms with Gasteiger partial charge in [0, 0.05) is 12.3 Å². The van der Waals surface area contributed by atoms with Crippen LogP contribution in [0.25, 0.3) is 5.69 Å². The molecule has 90 valence electrons. The average molecular weight is 231 g/mol. The molecule has 0 fully saturated rings. The third kappa shape index (κ3) is 2.58. The van der Waals surface area contributed by atoms with Gasteiger partial charge in [-0.05, 0) is 39.0 Å². The second-order valence-electron chi connectivity index (χ2n) is 4.29. The van der Waals surface area contributed by atoms with Crippen LogP contribution in [0, 0.1) is 6.92 Å². The molecule has 2 rings (SSSR count). The van der Waals surface area contributed by atoms with E-state index in [0.717, 1.165) is 11.4 Å². The first kappa shape index (κ1) is 11.5. The second kappa shape index (κ2) is 4.49. The largest absolute Gasteiger partial charge is 0.489 e. The van der Waals surface area contributed by atoms with E-state index >= 15 is 0 Å². The summed E-state index contributed by atoms with van der Waals surface area (Å²) in [6, 6.07) is 7.63. The van der Waals surface area contributed by atoms with Crippen molar-refractivity contribution >= 4 is 5.69 Å². The fraction of sp³-hybridized carbons (Fsp3) is 0.308. The third-order valence-corrected chi connectivity index (χ3v) is 2.35. The van der Waals surface area contributed by atoms with Crippen molar-refractivity contribution in [2.45, 2.75) is 26.9 Å². The number of nitrogens with two attached hydrogens (primary N) is 1. The van der Waals surface area contributed by atoms with E-state index < -0.39 is 0 Å². The Morgan fingerprint density at radius 2 is 2.06 bits per heavy atom. The Morgan fingerprint density at radius 3 is 2.65 bits per heavy atom. The van der Waals surface area contributed by atoms with Crippen molar-refractivity contribution in [2.75, 3.05) is 5.73 Å². The topological polar surface area (TPSA) is 53.1 Å². The first-order valence-electron chi connectivity index (χ1n) is 5.65. The number of aryl methyl sites for hydroxylation is 1. The number of benzene rings is 1. The lowest BCUT2D eigenvalue weighted by atomic mass is 10.2. The Kier molecular flexibility index (Phi) is 3.04. The predicted octanol–water partition coefficient (Wildman–Crippen LogP) is 2.55. The summed E-state index contributed by atoms with van der Waals surface area (Å²) in [5, 5.41) is 4.35. The van der Waals surface area contributed by atoms with E-state index in [9.17, 15) is 0 Å². The van der Waals surface area contributed by atoms with Crippen molar-refractivity contribution in [3.05, 3.63) is 36.2 Å². The van der Waals surface area contributed by atoms with Crippen LogP contribution in [-0.2, 0) is 0 Å². The molecule has 0 atom stereocenters. The molecule has 0 aliphatic heterocycles. The van der Waals surface area contributed by atoms with Crippen LogP contribution in [0.2, 0.25) is 0 Å². The van der Waals surface area contributed by atoms with Gasteiger partial charge in [-0.1, -0.05) is 0 Å². The number of aromatic nitrogens is 2. The first-order chi connectivity index (χ1) is 8.06. The monoisotopic (exact) mass is 231 g/mol. The maximum atomic E-state index is 5.87. The molecule has 0 saturated heterocycles. The van der Waals surface area contributed by atoms with Crippen molar-refractivity contribution in [3.63, 3.8) is 0 Å². The van der Waals surface area contributed by atoms with Crippen molar-refractivity contribution in [2.24, 2.45) is 0 Å². The number of anilines is 1. The molecule has 1 aromatic heterocycles. The number of hydrogen-bond donors (Lipinski definition) is 1. The number of nitrogen functional groups attached to an aromatic ring is 1. The lowest BCUT2D eigenvalue weighted by molar-refractivity contribution is 0.244. The zero-order chi connectivity index (χ0) is 12.4. The lowest BCUT2D eigenvalue weighted by Crippen LogP contribution is -2.08. The molecular formula is C13H17N3O. The molecule has 0 bridgehead atoms. The SMILES string of the molecule is Cc1ccn(-c2ccc(N)c(OC(C)C)c2)n1. The van der Waals surface area contributed by atoms with E-state index in [-0.39, 0.29) is 6.10 Å². The molecule has 0 unspecified atom stereocenters. The third-order valence-electron chi connectivity index (χ3n) is 2.35. The molecule has 0 spiro atoms. The second-order valence-corrected chi connectivity index (χ2v) is 4.29. The molecule has 0 saturated carbocycles. The molecule has 2 N–H and O–H groups in total. The highest BCUT2D eigenvalue weighted by atomic mass is 16.5. The molecule has 4 nitrogen and oxygen atoms in total. The summed E-state index contributed by atoms with van der Waals surface area (Å²) >= 11 is 0. The van der Waals surface area contributed by atoms with Gasteiger partial charge >= 0.3 is 0 Å². The number of hydrogen-bond acceptors (Lipinski definition) is 3. The van der Waals surface area contributed by atoms with Crippen LogP contribution >= 0.6 is 0 Å². The first-order valence-corrected chi connectivity index (χ1v) is 5.65. The van der Waals surface area contributed by atoms with Crippen LogP contribution in [0.4, 0.5) is 5.69 Å². The van der Waals surface area contributed by atoms with E-state index in [2.05, 4.69) is 5.10 Å². The molecular weight excluding hydrogens is 214 g/mol. The van der Waals surface area contributed by atoms with E-state index in [1.807, 2.05) is 55.9 Å². The number of nitrogens with zero attached hydrogens (tertiary/aromatic N) is 2. The summed E-state index contributed by atoms with van der Waals surface area (Å²) in [4.78, 5) is 0. The minimum Gasteiger partial charge on any atom is -0.489 e. The summed E-state index contributed by atoms with van der Waals surface area (Å²) in [5.74, 6) is 0.700. The zero-order valence-corrected chi connectivity index (χ0v) is 10.3. The molecule has 0 radical (unpaired) electrons. The van der Waals surface area contributed by atoms with E-state index in [4.69, 9.17) is 10.5 Å². The molecule has 0 aliphatic carbocycles. The summed E-state index contributed by atoms with van der Waals surface area (Å²) in [6.45, 7) is 5.91. The highest BCUT2D eigenvalue weighted by Crippen LogP contribution is 2.25.